The lowest BCUT2D eigenvalue weighted by Crippen LogP contribution is -2.45. The standard InChI is InChI=1S/C17H24N4O4/c1-12-10-21(17(25)18-15(12)23)11-14(22)19-8-4-13(5-9-19)16(24)20-6-2-3-7-20/h10,13H,2-9,11H2,1H3,(H,18,23,25). The van der Waals surface area contributed by atoms with E-state index in [2.05, 4.69) is 4.98 Å². The van der Waals surface area contributed by atoms with Crippen molar-refractivity contribution in [1.29, 1.82) is 0 Å². The van der Waals surface area contributed by atoms with Crippen LogP contribution in [0.5, 0.6) is 0 Å². The van der Waals surface area contributed by atoms with Gasteiger partial charge >= 0.3 is 5.69 Å². The van der Waals surface area contributed by atoms with Gasteiger partial charge in [-0.25, -0.2) is 4.79 Å². The number of amides is 2. The molecule has 1 N–H and O–H groups in total. The second-order valence-electron chi connectivity index (χ2n) is 6.89. The van der Waals surface area contributed by atoms with Gasteiger partial charge in [-0.15, -0.1) is 0 Å². The van der Waals surface area contributed by atoms with Crippen LogP contribution in [0.25, 0.3) is 0 Å². The number of H-pyrrole nitrogens is 1. The van der Waals surface area contributed by atoms with Crippen molar-refractivity contribution in [2.75, 3.05) is 26.2 Å². The maximum atomic E-state index is 12.4. The zero-order chi connectivity index (χ0) is 18.0. The molecule has 0 bridgehead atoms. The summed E-state index contributed by atoms with van der Waals surface area (Å²) in [4.78, 5) is 53.9. The molecule has 3 heterocycles. The zero-order valence-corrected chi connectivity index (χ0v) is 14.5. The Morgan fingerprint density at radius 1 is 1.08 bits per heavy atom. The van der Waals surface area contributed by atoms with Gasteiger partial charge in [0.1, 0.15) is 6.54 Å². The van der Waals surface area contributed by atoms with E-state index in [4.69, 9.17) is 0 Å². The van der Waals surface area contributed by atoms with Crippen molar-refractivity contribution in [2.24, 2.45) is 5.92 Å². The average Bonchev–Trinajstić information content (AvgIpc) is 3.13. The second-order valence-corrected chi connectivity index (χ2v) is 6.89. The number of likely N-dealkylation sites (tertiary alicyclic amines) is 2. The predicted molar refractivity (Wildman–Crippen MR) is 91.2 cm³/mol. The maximum Gasteiger partial charge on any atom is 0.328 e. The number of aryl methyl sites for hydroxylation is 1. The quantitative estimate of drug-likeness (QED) is 0.812. The van der Waals surface area contributed by atoms with E-state index >= 15 is 0 Å². The zero-order valence-electron chi connectivity index (χ0n) is 14.5. The van der Waals surface area contributed by atoms with Crippen molar-refractivity contribution in [3.63, 3.8) is 0 Å². The fourth-order valence-electron chi connectivity index (χ4n) is 3.55. The summed E-state index contributed by atoms with van der Waals surface area (Å²) in [7, 11) is 0. The molecule has 2 fully saturated rings. The Morgan fingerprint density at radius 2 is 1.72 bits per heavy atom. The highest BCUT2D eigenvalue weighted by Gasteiger charge is 2.31. The maximum absolute atomic E-state index is 12.4. The van der Waals surface area contributed by atoms with Crippen LogP contribution in [-0.4, -0.2) is 57.3 Å². The molecule has 2 amide bonds. The van der Waals surface area contributed by atoms with Crippen LogP contribution >= 0.6 is 0 Å². The minimum absolute atomic E-state index is 0.000182. The van der Waals surface area contributed by atoms with Gasteiger partial charge < -0.3 is 9.80 Å². The summed E-state index contributed by atoms with van der Waals surface area (Å²) in [5.74, 6) is 0.0536. The topological polar surface area (TPSA) is 95.5 Å². The van der Waals surface area contributed by atoms with Crippen LogP contribution in [0.3, 0.4) is 0 Å². The molecule has 0 spiro atoms. The summed E-state index contributed by atoms with van der Waals surface area (Å²) in [5, 5.41) is 0. The van der Waals surface area contributed by atoms with Crippen LogP contribution < -0.4 is 11.2 Å². The third-order valence-corrected chi connectivity index (χ3v) is 5.11. The fraction of sp³-hybridized carbons (Fsp3) is 0.647. The van der Waals surface area contributed by atoms with Crippen LogP contribution in [0.2, 0.25) is 0 Å². The summed E-state index contributed by atoms with van der Waals surface area (Å²) >= 11 is 0. The summed E-state index contributed by atoms with van der Waals surface area (Å²) in [5.41, 5.74) is -0.625. The molecule has 136 valence electrons. The Balaban J connectivity index is 1.56. The molecule has 2 aliphatic heterocycles. The molecule has 0 saturated carbocycles. The minimum atomic E-state index is -0.581. The Morgan fingerprint density at radius 3 is 2.36 bits per heavy atom. The monoisotopic (exact) mass is 348 g/mol. The van der Waals surface area contributed by atoms with Crippen molar-refractivity contribution >= 4 is 11.8 Å². The summed E-state index contributed by atoms with van der Waals surface area (Å²) < 4.78 is 1.22. The van der Waals surface area contributed by atoms with Gasteiger partial charge in [-0.05, 0) is 32.6 Å². The van der Waals surface area contributed by atoms with Crippen LogP contribution in [0, 0.1) is 12.8 Å². The van der Waals surface area contributed by atoms with Gasteiger partial charge in [-0.3, -0.25) is 23.9 Å². The highest BCUT2D eigenvalue weighted by molar-refractivity contribution is 5.80. The first-order chi connectivity index (χ1) is 12.0. The van der Waals surface area contributed by atoms with E-state index < -0.39 is 11.2 Å². The van der Waals surface area contributed by atoms with E-state index in [1.165, 1.54) is 10.8 Å². The van der Waals surface area contributed by atoms with Crippen LogP contribution in [-0.2, 0) is 16.1 Å². The van der Waals surface area contributed by atoms with Crippen LogP contribution in [0.1, 0.15) is 31.2 Å². The number of aromatic nitrogens is 2. The summed E-state index contributed by atoms with van der Waals surface area (Å²) in [6, 6.07) is 0. The molecule has 1 aromatic rings. The van der Waals surface area contributed by atoms with E-state index in [1.54, 1.807) is 11.8 Å². The number of carbonyl (C=O) groups is 2. The van der Waals surface area contributed by atoms with Crippen molar-refractivity contribution in [3.8, 4) is 0 Å². The molecule has 2 aliphatic rings. The van der Waals surface area contributed by atoms with E-state index in [1.807, 2.05) is 4.90 Å². The number of hydrogen-bond acceptors (Lipinski definition) is 4. The molecule has 2 saturated heterocycles. The van der Waals surface area contributed by atoms with E-state index in [9.17, 15) is 19.2 Å². The van der Waals surface area contributed by atoms with E-state index in [-0.39, 0.29) is 24.3 Å². The van der Waals surface area contributed by atoms with Crippen LogP contribution in [0.15, 0.2) is 15.8 Å². The molecule has 25 heavy (non-hydrogen) atoms. The van der Waals surface area contributed by atoms with Gasteiger partial charge in [-0.2, -0.15) is 0 Å². The highest BCUT2D eigenvalue weighted by atomic mass is 16.2. The molecule has 8 heteroatoms. The van der Waals surface area contributed by atoms with Gasteiger partial charge in [0.15, 0.2) is 0 Å². The van der Waals surface area contributed by atoms with E-state index in [0.29, 0.717) is 31.5 Å². The molecule has 1 aromatic heterocycles. The lowest BCUT2D eigenvalue weighted by Gasteiger charge is -2.33. The molecule has 0 unspecified atom stereocenters. The first kappa shape index (κ1) is 17.4. The average molecular weight is 348 g/mol. The largest absolute Gasteiger partial charge is 0.342 e. The fourth-order valence-corrected chi connectivity index (χ4v) is 3.55. The second kappa shape index (κ2) is 7.25. The number of hydrogen-bond donors (Lipinski definition) is 1. The molecule has 3 rings (SSSR count). The van der Waals surface area contributed by atoms with Gasteiger partial charge in [0.2, 0.25) is 11.8 Å². The van der Waals surface area contributed by atoms with Crippen molar-refractivity contribution in [2.45, 2.75) is 39.2 Å². The highest BCUT2D eigenvalue weighted by Crippen LogP contribution is 2.22. The number of nitrogens with zero attached hydrogens (tertiary/aromatic N) is 3. The Hall–Kier alpha value is -2.38. The predicted octanol–water partition coefficient (Wildman–Crippen LogP) is -0.294. The van der Waals surface area contributed by atoms with Crippen molar-refractivity contribution in [3.05, 3.63) is 32.6 Å². The van der Waals surface area contributed by atoms with Gasteiger partial charge in [-0.1, -0.05) is 0 Å². The van der Waals surface area contributed by atoms with Gasteiger partial charge in [0, 0.05) is 43.9 Å². The van der Waals surface area contributed by atoms with E-state index in [0.717, 1.165) is 25.9 Å². The summed E-state index contributed by atoms with van der Waals surface area (Å²) in [6.07, 6.45) is 4.90. The number of nitrogens with one attached hydrogen (secondary N) is 1. The Kier molecular flexibility index (Phi) is 5.06. The van der Waals surface area contributed by atoms with Crippen LogP contribution in [0.4, 0.5) is 0 Å². The normalized spacial score (nSPS) is 18.6. The first-order valence-electron chi connectivity index (χ1n) is 8.82. The van der Waals surface area contributed by atoms with Gasteiger partial charge in [0.05, 0.1) is 0 Å². The Bertz CT molecular complexity index is 768. The third kappa shape index (κ3) is 3.83. The van der Waals surface area contributed by atoms with Crippen molar-refractivity contribution < 1.29 is 9.59 Å². The molecule has 0 aliphatic carbocycles. The number of piperidine rings is 1. The molecular weight excluding hydrogens is 324 g/mol. The summed E-state index contributed by atoms with van der Waals surface area (Å²) in [6.45, 7) is 4.26. The number of rotatable bonds is 3. The molecular formula is C17H24N4O4. The third-order valence-electron chi connectivity index (χ3n) is 5.11. The first-order valence-corrected chi connectivity index (χ1v) is 8.82. The number of aromatic amines is 1. The molecule has 0 radical (unpaired) electrons. The van der Waals surface area contributed by atoms with Crippen molar-refractivity contribution in [1.82, 2.24) is 19.4 Å². The number of carbonyl (C=O) groups excluding carboxylic acids is 2. The lowest BCUT2D eigenvalue weighted by molar-refractivity contribution is -0.140. The smallest absolute Gasteiger partial charge is 0.328 e. The lowest BCUT2D eigenvalue weighted by atomic mass is 9.95. The Labute approximate surface area is 145 Å². The molecule has 0 aromatic carbocycles. The molecule has 0 atom stereocenters. The minimum Gasteiger partial charge on any atom is -0.342 e. The van der Waals surface area contributed by atoms with Gasteiger partial charge in [0.25, 0.3) is 5.56 Å². The molecule has 8 nitrogen and oxygen atoms in total. The SMILES string of the molecule is Cc1cn(CC(=O)N2CCC(C(=O)N3CCCC3)CC2)c(=O)[nH]c1=O.